The van der Waals surface area contributed by atoms with Crippen LogP contribution < -0.4 is 5.56 Å². The van der Waals surface area contributed by atoms with Gasteiger partial charge in [0.25, 0.3) is 5.56 Å². The second-order valence-corrected chi connectivity index (χ2v) is 6.43. The van der Waals surface area contributed by atoms with Gasteiger partial charge in [-0.25, -0.2) is 9.37 Å². The molecule has 3 aromatic rings. The van der Waals surface area contributed by atoms with E-state index < -0.39 is 5.82 Å². The first-order chi connectivity index (χ1) is 13.0. The lowest BCUT2D eigenvalue weighted by atomic mass is 9.91. The molecule has 1 atom stereocenters. The summed E-state index contributed by atoms with van der Waals surface area (Å²) in [6, 6.07) is 12.7. The van der Waals surface area contributed by atoms with E-state index in [1.54, 1.807) is 7.05 Å². The van der Waals surface area contributed by atoms with Crippen LogP contribution in [0.2, 0.25) is 0 Å². The Kier molecular flexibility index (Phi) is 5.54. The third-order valence-electron chi connectivity index (χ3n) is 4.65. The van der Waals surface area contributed by atoms with Gasteiger partial charge in [-0.2, -0.15) is 0 Å². The fraction of sp³-hybridized carbons (Fsp3) is 0.238. The number of nitrogens with one attached hydrogen (secondary N) is 1. The predicted octanol–water partition coefficient (Wildman–Crippen LogP) is 3.62. The van der Waals surface area contributed by atoms with Gasteiger partial charge in [0.05, 0.1) is 17.6 Å². The van der Waals surface area contributed by atoms with E-state index >= 15 is 0 Å². The van der Waals surface area contributed by atoms with E-state index in [0.29, 0.717) is 6.42 Å². The maximum Gasteiger partial charge on any atom is 0.254 e. The third kappa shape index (κ3) is 4.00. The van der Waals surface area contributed by atoms with E-state index in [4.69, 9.17) is 5.41 Å². The molecule has 2 heterocycles. The molecule has 0 amide bonds. The first-order valence-corrected chi connectivity index (χ1v) is 8.82. The maximum absolute atomic E-state index is 14.1. The fourth-order valence-electron chi connectivity index (χ4n) is 3.03. The monoisotopic (exact) mass is 364 g/mol. The molecule has 3 rings (SSSR count). The van der Waals surface area contributed by atoms with Crippen molar-refractivity contribution in [2.24, 2.45) is 13.0 Å². The molecule has 1 aromatic carbocycles. The Morgan fingerprint density at radius 3 is 2.67 bits per heavy atom. The molecule has 0 aliphatic heterocycles. The molecule has 0 aliphatic rings. The highest BCUT2D eigenvalue weighted by Crippen LogP contribution is 2.21. The zero-order chi connectivity index (χ0) is 19.4. The van der Waals surface area contributed by atoms with Crippen molar-refractivity contribution in [3.63, 3.8) is 0 Å². The lowest BCUT2D eigenvalue weighted by molar-refractivity contribution is 0.623. The minimum Gasteiger partial charge on any atom is -0.301 e. The average Bonchev–Trinajstić information content (AvgIpc) is 2.69. The van der Waals surface area contributed by atoms with Gasteiger partial charge in [-0.1, -0.05) is 37.3 Å². The van der Waals surface area contributed by atoms with Gasteiger partial charge in [0.15, 0.2) is 11.6 Å². The van der Waals surface area contributed by atoms with Crippen molar-refractivity contribution in [3.8, 4) is 11.3 Å². The number of rotatable bonds is 6. The highest BCUT2D eigenvalue weighted by molar-refractivity contribution is 5.97. The van der Waals surface area contributed by atoms with Crippen molar-refractivity contribution in [1.29, 1.82) is 5.41 Å². The summed E-state index contributed by atoms with van der Waals surface area (Å²) in [6.45, 7) is 2.01. The summed E-state index contributed by atoms with van der Waals surface area (Å²) in [4.78, 5) is 20.6. The standard InChI is InChI=1S/C21H21FN4O/c1-3-15(11-14-7-5-4-6-8-14)20(23)21-25-18(12-19(27)26(21)2)16-9-10-24-13-17(16)22/h4-10,12-13,15,23H,3,11H2,1-2H3/t15-/m1/s1. The quantitative estimate of drug-likeness (QED) is 0.679. The van der Waals surface area contributed by atoms with Crippen LogP contribution in [0.25, 0.3) is 11.3 Å². The second-order valence-electron chi connectivity index (χ2n) is 6.43. The van der Waals surface area contributed by atoms with E-state index in [0.717, 1.165) is 18.2 Å². The van der Waals surface area contributed by atoms with Crippen LogP contribution in [0, 0.1) is 17.1 Å². The molecule has 0 unspecified atom stereocenters. The Morgan fingerprint density at radius 2 is 2.00 bits per heavy atom. The summed E-state index contributed by atoms with van der Waals surface area (Å²) < 4.78 is 15.4. The number of aromatic nitrogens is 3. The van der Waals surface area contributed by atoms with E-state index in [1.165, 1.54) is 22.9 Å². The molecule has 0 saturated carbocycles. The Bertz CT molecular complexity index is 1010. The number of hydrogen-bond donors (Lipinski definition) is 1. The van der Waals surface area contributed by atoms with Gasteiger partial charge in [-0.05, 0) is 24.5 Å². The van der Waals surface area contributed by atoms with Gasteiger partial charge >= 0.3 is 0 Å². The van der Waals surface area contributed by atoms with Crippen LogP contribution in [0.3, 0.4) is 0 Å². The molecule has 5 nitrogen and oxygen atoms in total. The molecule has 0 saturated heterocycles. The van der Waals surface area contributed by atoms with E-state index in [-0.39, 0.29) is 34.3 Å². The molecule has 0 radical (unpaired) electrons. The number of benzene rings is 1. The average molecular weight is 364 g/mol. The van der Waals surface area contributed by atoms with Gasteiger partial charge in [0.1, 0.15) is 0 Å². The van der Waals surface area contributed by atoms with E-state index in [2.05, 4.69) is 9.97 Å². The normalized spacial score (nSPS) is 12.0. The number of halogens is 1. The van der Waals surface area contributed by atoms with Crippen molar-refractivity contribution >= 4 is 5.71 Å². The number of pyridine rings is 1. The summed E-state index contributed by atoms with van der Waals surface area (Å²) in [7, 11) is 1.58. The fourth-order valence-corrected chi connectivity index (χ4v) is 3.03. The molecule has 6 heteroatoms. The Balaban J connectivity index is 2.01. The number of nitrogens with zero attached hydrogens (tertiary/aromatic N) is 3. The molecule has 2 aromatic heterocycles. The predicted molar refractivity (Wildman–Crippen MR) is 103 cm³/mol. The van der Waals surface area contributed by atoms with Crippen molar-refractivity contribution in [2.75, 3.05) is 0 Å². The SMILES string of the molecule is CC[C@H](Cc1ccccc1)C(=N)c1nc(-c2ccncc2F)cc(=O)n1C. The molecule has 0 spiro atoms. The van der Waals surface area contributed by atoms with Crippen LogP contribution in [0.4, 0.5) is 4.39 Å². The highest BCUT2D eigenvalue weighted by atomic mass is 19.1. The van der Waals surface area contributed by atoms with Crippen LogP contribution in [-0.4, -0.2) is 20.2 Å². The minimum absolute atomic E-state index is 0.0944. The first-order valence-electron chi connectivity index (χ1n) is 8.82. The van der Waals surface area contributed by atoms with E-state index in [1.807, 2.05) is 37.3 Å². The molecule has 0 aliphatic carbocycles. The van der Waals surface area contributed by atoms with Gasteiger partial charge in [0.2, 0.25) is 0 Å². The highest BCUT2D eigenvalue weighted by Gasteiger charge is 2.21. The maximum atomic E-state index is 14.1. The molecule has 27 heavy (non-hydrogen) atoms. The second kappa shape index (κ2) is 8.03. The zero-order valence-electron chi connectivity index (χ0n) is 15.3. The Morgan fingerprint density at radius 1 is 1.26 bits per heavy atom. The van der Waals surface area contributed by atoms with Crippen LogP contribution in [-0.2, 0) is 13.5 Å². The Labute approximate surface area is 157 Å². The van der Waals surface area contributed by atoms with Gasteiger partial charge in [0, 0.05) is 30.8 Å². The topological polar surface area (TPSA) is 71.6 Å². The van der Waals surface area contributed by atoms with Crippen LogP contribution in [0.5, 0.6) is 0 Å². The summed E-state index contributed by atoms with van der Waals surface area (Å²) in [5.74, 6) is -0.383. The smallest absolute Gasteiger partial charge is 0.254 e. The van der Waals surface area contributed by atoms with Gasteiger partial charge in [-0.15, -0.1) is 0 Å². The number of hydrogen-bond acceptors (Lipinski definition) is 4. The molecule has 0 bridgehead atoms. The van der Waals surface area contributed by atoms with Crippen molar-refractivity contribution in [1.82, 2.24) is 14.5 Å². The van der Waals surface area contributed by atoms with E-state index in [9.17, 15) is 9.18 Å². The lowest BCUT2D eigenvalue weighted by Crippen LogP contribution is -2.29. The van der Waals surface area contributed by atoms with Crippen LogP contribution in [0.15, 0.2) is 59.7 Å². The van der Waals surface area contributed by atoms with Crippen LogP contribution in [0.1, 0.15) is 24.7 Å². The summed E-state index contributed by atoms with van der Waals surface area (Å²) >= 11 is 0. The van der Waals surface area contributed by atoms with Gasteiger partial charge in [-0.3, -0.25) is 14.3 Å². The molecule has 1 N–H and O–H groups in total. The summed E-state index contributed by atoms with van der Waals surface area (Å²) in [5, 5.41) is 8.66. The first kappa shape index (κ1) is 18.6. The Hall–Kier alpha value is -3.15. The van der Waals surface area contributed by atoms with Crippen LogP contribution >= 0.6 is 0 Å². The molecular weight excluding hydrogens is 343 g/mol. The lowest BCUT2D eigenvalue weighted by Gasteiger charge is -2.18. The van der Waals surface area contributed by atoms with Crippen molar-refractivity contribution in [2.45, 2.75) is 19.8 Å². The molecule has 0 fully saturated rings. The van der Waals surface area contributed by atoms with Gasteiger partial charge < -0.3 is 5.41 Å². The van der Waals surface area contributed by atoms with Crippen molar-refractivity contribution < 1.29 is 4.39 Å². The van der Waals surface area contributed by atoms with Crippen molar-refractivity contribution in [3.05, 3.63) is 82.4 Å². The third-order valence-corrected chi connectivity index (χ3v) is 4.65. The minimum atomic E-state index is -0.549. The molecular formula is C21H21FN4O. The summed E-state index contributed by atoms with van der Waals surface area (Å²) in [5.41, 5.74) is 1.48. The zero-order valence-corrected chi connectivity index (χ0v) is 15.3. The molecule has 138 valence electrons. The largest absolute Gasteiger partial charge is 0.301 e. The summed E-state index contributed by atoms with van der Waals surface area (Å²) in [6.07, 6.45) is 3.95.